The van der Waals surface area contributed by atoms with E-state index < -0.39 is 5.41 Å². The normalized spacial score (nSPS) is 19.7. The number of hydrogen-bond donors (Lipinski definition) is 0. The molecule has 3 heterocycles. The van der Waals surface area contributed by atoms with Gasteiger partial charge in [-0.1, -0.05) is 168 Å². The Labute approximate surface area is 446 Å². The number of hydrogen-bond acceptors (Lipinski definition) is 5. The highest BCUT2D eigenvalue weighted by Crippen LogP contribution is 2.54. The third kappa shape index (κ3) is 7.23. The number of allylic oxidation sites excluding steroid dienone is 9. The molecule has 5 aliphatic rings. The van der Waals surface area contributed by atoms with E-state index in [0.717, 1.165) is 74.7 Å². The Balaban J connectivity index is 0.932. The maximum atomic E-state index is 5.54. The number of fused-ring (bicyclic) bond motifs is 9. The monoisotopic (exact) mass is 979 g/mol. The second kappa shape index (κ2) is 16.9. The van der Waals surface area contributed by atoms with E-state index in [1.54, 1.807) is 0 Å². The lowest BCUT2D eigenvalue weighted by Gasteiger charge is -2.38. The number of benzene rings is 6. The molecule has 0 amide bonds. The molecule has 0 N–H and O–H groups in total. The zero-order chi connectivity index (χ0) is 51.6. The maximum Gasteiger partial charge on any atom is 0.163 e. The first-order chi connectivity index (χ1) is 36.8. The van der Waals surface area contributed by atoms with Crippen molar-refractivity contribution in [2.75, 3.05) is 0 Å². The summed E-state index contributed by atoms with van der Waals surface area (Å²) in [6.45, 7) is 14.1. The molecule has 0 saturated carbocycles. The minimum absolute atomic E-state index is 0.227. The lowest BCUT2D eigenvalue weighted by Crippen LogP contribution is -2.30. The predicted octanol–water partition coefficient (Wildman–Crippen LogP) is 17.1. The molecule has 2 atom stereocenters. The fourth-order valence-electron chi connectivity index (χ4n) is 13.0. The number of aromatic nitrogens is 5. The molecule has 3 aromatic heterocycles. The van der Waals surface area contributed by atoms with E-state index in [4.69, 9.17) is 19.9 Å². The van der Waals surface area contributed by atoms with Gasteiger partial charge in [0.1, 0.15) is 5.82 Å². The maximum absolute atomic E-state index is 5.54. The van der Waals surface area contributed by atoms with E-state index in [2.05, 4.69) is 229 Å². The molecule has 0 fully saturated rings. The molecule has 0 bridgehead atoms. The molecule has 0 spiro atoms. The molecule has 6 aromatic carbocycles. The van der Waals surface area contributed by atoms with Crippen LogP contribution in [0, 0.1) is 0 Å². The van der Waals surface area contributed by atoms with Gasteiger partial charge < -0.3 is 0 Å². The van der Waals surface area contributed by atoms with Crippen molar-refractivity contribution in [2.45, 2.75) is 76.0 Å². The number of rotatable bonds is 7. The Morgan fingerprint density at radius 1 is 0.447 bits per heavy atom. The molecule has 0 radical (unpaired) electrons. The van der Waals surface area contributed by atoms with E-state index in [-0.39, 0.29) is 16.2 Å². The molecule has 366 valence electrons. The smallest absolute Gasteiger partial charge is 0.163 e. The summed E-state index contributed by atoms with van der Waals surface area (Å²) in [6, 6.07) is 54.0. The Bertz CT molecular complexity index is 3910. The van der Waals surface area contributed by atoms with Crippen molar-refractivity contribution < 1.29 is 0 Å². The summed E-state index contributed by atoms with van der Waals surface area (Å²) < 4.78 is 0. The van der Waals surface area contributed by atoms with Crippen LogP contribution in [0.3, 0.4) is 0 Å². The Kier molecular flexibility index (Phi) is 10.2. The van der Waals surface area contributed by atoms with Crippen molar-refractivity contribution in [3.05, 3.63) is 257 Å². The first kappa shape index (κ1) is 45.9. The summed E-state index contributed by atoms with van der Waals surface area (Å²) in [6.07, 6.45) is 25.0. The molecule has 2 unspecified atom stereocenters. The van der Waals surface area contributed by atoms with Gasteiger partial charge in [0.25, 0.3) is 0 Å². The molecule has 5 nitrogen and oxygen atoms in total. The van der Waals surface area contributed by atoms with Gasteiger partial charge in [0.05, 0.1) is 5.69 Å². The van der Waals surface area contributed by atoms with Gasteiger partial charge in [-0.05, 0) is 181 Å². The van der Waals surface area contributed by atoms with Crippen molar-refractivity contribution >= 4 is 11.6 Å². The van der Waals surface area contributed by atoms with E-state index >= 15 is 0 Å². The summed E-state index contributed by atoms with van der Waals surface area (Å²) in [5, 5.41) is 0. The van der Waals surface area contributed by atoms with Crippen LogP contribution < -0.4 is 0 Å². The lowest BCUT2D eigenvalue weighted by molar-refractivity contribution is 0.548. The highest BCUT2D eigenvalue weighted by Gasteiger charge is 2.40. The molecule has 0 saturated heterocycles. The highest BCUT2D eigenvalue weighted by atomic mass is 15.0. The fraction of sp³-hybridized carbons (Fsp3) is 0.169. The summed E-state index contributed by atoms with van der Waals surface area (Å²) in [4.78, 5) is 25.6. The molecule has 76 heavy (non-hydrogen) atoms. The van der Waals surface area contributed by atoms with Crippen LogP contribution in [-0.2, 0) is 21.7 Å². The lowest BCUT2D eigenvalue weighted by atomic mass is 9.65. The molecular formula is C71H57N5. The van der Waals surface area contributed by atoms with Gasteiger partial charge in [-0.15, -0.1) is 0 Å². The largest absolute Gasteiger partial charge is 0.264 e. The third-order valence-electron chi connectivity index (χ3n) is 17.5. The molecule has 5 aliphatic carbocycles. The van der Waals surface area contributed by atoms with E-state index in [1.807, 2.05) is 30.7 Å². The van der Waals surface area contributed by atoms with Crippen LogP contribution in [0.2, 0.25) is 0 Å². The van der Waals surface area contributed by atoms with E-state index in [9.17, 15) is 0 Å². The summed E-state index contributed by atoms with van der Waals surface area (Å²) >= 11 is 0. The Morgan fingerprint density at radius 3 is 1.67 bits per heavy atom. The first-order valence-corrected chi connectivity index (χ1v) is 26.7. The van der Waals surface area contributed by atoms with Crippen LogP contribution in [-0.4, -0.2) is 24.9 Å². The second-order valence-electron chi connectivity index (χ2n) is 23.0. The van der Waals surface area contributed by atoms with Crippen molar-refractivity contribution in [3.8, 4) is 78.3 Å². The van der Waals surface area contributed by atoms with Crippen LogP contribution in [0.1, 0.15) is 99.4 Å². The predicted molar refractivity (Wildman–Crippen MR) is 311 cm³/mol. The second-order valence-corrected chi connectivity index (χ2v) is 23.0. The van der Waals surface area contributed by atoms with Gasteiger partial charge in [0.2, 0.25) is 0 Å². The first-order valence-electron chi connectivity index (χ1n) is 26.7. The van der Waals surface area contributed by atoms with Gasteiger partial charge in [-0.2, -0.15) is 0 Å². The fourth-order valence-corrected chi connectivity index (χ4v) is 13.0. The molecule has 0 aliphatic heterocycles. The highest BCUT2D eigenvalue weighted by molar-refractivity contribution is 5.90. The zero-order valence-corrected chi connectivity index (χ0v) is 43.9. The van der Waals surface area contributed by atoms with Crippen molar-refractivity contribution in [1.29, 1.82) is 0 Å². The summed E-state index contributed by atoms with van der Waals surface area (Å²) in [7, 11) is 0. The molecular weight excluding hydrogens is 923 g/mol. The quantitative estimate of drug-likeness (QED) is 0.159. The number of pyridine rings is 2. The standard InChI is InChI=1S/C71H57N5/c1-68(2)60-38-45(50-16-14-33-72-43-50)21-27-55(60)56-28-22-46(39-61(56)68)51-35-52(47-23-29-57-58-30-24-48(64-18-10-13-34-73-64)41-63(58)69(3,4)62(57)40-47)37-53(36-51)66-74-65(75-67(76-66)70(5)31-11-7-12-32-70)49-20-26-54-25-19-44-15-8-9-17-59(44)71(54,6)42-49/h7-31,33-41,43H,32,42H2,1-6H3. The molecule has 9 aromatic rings. The van der Waals surface area contributed by atoms with Crippen LogP contribution >= 0.6 is 0 Å². The minimum atomic E-state index is -0.420. The summed E-state index contributed by atoms with van der Waals surface area (Å²) in [5.74, 6) is 2.17. The van der Waals surface area contributed by atoms with Crippen LogP contribution in [0.25, 0.3) is 89.9 Å². The van der Waals surface area contributed by atoms with Crippen LogP contribution in [0.4, 0.5) is 0 Å². The van der Waals surface area contributed by atoms with Crippen molar-refractivity contribution in [2.24, 2.45) is 0 Å². The Hall–Kier alpha value is -8.67. The van der Waals surface area contributed by atoms with Gasteiger partial charge in [-0.3, -0.25) is 9.97 Å². The van der Waals surface area contributed by atoms with Crippen LogP contribution in [0.5, 0.6) is 0 Å². The van der Waals surface area contributed by atoms with Crippen LogP contribution in [0.15, 0.2) is 212 Å². The van der Waals surface area contributed by atoms with Gasteiger partial charge >= 0.3 is 0 Å². The molecule has 5 heteroatoms. The van der Waals surface area contributed by atoms with Gasteiger partial charge in [0, 0.05) is 51.4 Å². The van der Waals surface area contributed by atoms with E-state index in [0.29, 0.717) is 5.82 Å². The Morgan fingerprint density at radius 2 is 1.05 bits per heavy atom. The molecule has 14 rings (SSSR count). The average molecular weight is 980 g/mol. The zero-order valence-electron chi connectivity index (χ0n) is 43.9. The minimum Gasteiger partial charge on any atom is -0.264 e. The SMILES string of the molecule is CC1(c2nc(C3=CC=C4C=Cc5ccccc5C4(C)C3)nc(-c3cc(-c4ccc5c(c4)C(C)(C)c4cc(-c6cccnc6)ccc4-5)cc(-c4ccc5c(c4)C(C)(C)c4cc(-c6ccccn6)ccc4-5)c3)n2)C=CC=CC1. The average Bonchev–Trinajstić information content (AvgIpc) is 3.89. The van der Waals surface area contributed by atoms with Crippen molar-refractivity contribution in [1.82, 2.24) is 24.9 Å². The van der Waals surface area contributed by atoms with Gasteiger partial charge in [0.15, 0.2) is 11.6 Å². The summed E-state index contributed by atoms with van der Waals surface area (Å²) in [5.41, 5.74) is 24.2. The van der Waals surface area contributed by atoms with Gasteiger partial charge in [-0.25, -0.2) is 15.0 Å². The van der Waals surface area contributed by atoms with E-state index in [1.165, 1.54) is 66.8 Å². The third-order valence-corrected chi connectivity index (χ3v) is 17.5. The number of nitrogens with zero attached hydrogens (tertiary/aromatic N) is 5. The topological polar surface area (TPSA) is 64.5 Å². The van der Waals surface area contributed by atoms with Crippen molar-refractivity contribution in [3.63, 3.8) is 0 Å².